The minimum absolute atomic E-state index is 0.201. The third-order valence-corrected chi connectivity index (χ3v) is 8.13. The van der Waals surface area contributed by atoms with E-state index in [0.717, 1.165) is 24.2 Å². The maximum Gasteiger partial charge on any atom is 0.337 e. The SMILES string of the molecule is COC(=O)c1cc(C#Cc2ccc(OCc3c(-c4c(Cl)cccc4Cl)noc3C3CC3)cc2Cl)cc(NOCC2CC2)c1. The molecule has 220 valence electrons. The van der Waals surface area contributed by atoms with E-state index in [4.69, 9.17) is 53.6 Å². The maximum absolute atomic E-state index is 12.2. The molecule has 1 heterocycles. The molecule has 0 atom stereocenters. The van der Waals surface area contributed by atoms with E-state index < -0.39 is 5.97 Å². The van der Waals surface area contributed by atoms with Crippen LogP contribution in [0.1, 0.15) is 64.4 Å². The molecule has 2 fully saturated rings. The molecule has 7 nitrogen and oxygen atoms in total. The number of halogens is 3. The number of benzene rings is 3. The number of rotatable bonds is 10. The van der Waals surface area contributed by atoms with Gasteiger partial charge in [0, 0.05) is 28.7 Å². The largest absolute Gasteiger partial charge is 0.489 e. The molecule has 6 rings (SSSR count). The molecule has 0 saturated heterocycles. The number of aromatic nitrogens is 1. The highest BCUT2D eigenvalue weighted by molar-refractivity contribution is 6.39. The van der Waals surface area contributed by atoms with Crippen molar-refractivity contribution in [3.63, 3.8) is 0 Å². The summed E-state index contributed by atoms with van der Waals surface area (Å²) in [6.45, 7) is 0.814. The zero-order valence-corrected chi connectivity index (χ0v) is 25.5. The van der Waals surface area contributed by atoms with Crippen molar-refractivity contribution in [1.82, 2.24) is 5.16 Å². The van der Waals surface area contributed by atoms with Gasteiger partial charge >= 0.3 is 5.97 Å². The van der Waals surface area contributed by atoms with Crippen LogP contribution in [0.4, 0.5) is 5.69 Å². The van der Waals surface area contributed by atoms with Gasteiger partial charge in [0.1, 0.15) is 23.8 Å². The number of esters is 1. The van der Waals surface area contributed by atoms with Crippen molar-refractivity contribution in [2.24, 2.45) is 5.92 Å². The van der Waals surface area contributed by atoms with Gasteiger partial charge in [-0.15, -0.1) is 0 Å². The molecule has 1 aromatic heterocycles. The summed E-state index contributed by atoms with van der Waals surface area (Å²) in [4.78, 5) is 17.8. The van der Waals surface area contributed by atoms with Gasteiger partial charge in [-0.25, -0.2) is 4.79 Å². The first-order valence-electron chi connectivity index (χ1n) is 13.9. The summed E-state index contributed by atoms with van der Waals surface area (Å²) in [5, 5.41) is 5.71. The zero-order chi connectivity index (χ0) is 29.9. The van der Waals surface area contributed by atoms with Crippen molar-refractivity contribution in [1.29, 1.82) is 0 Å². The maximum atomic E-state index is 12.2. The van der Waals surface area contributed by atoms with E-state index in [9.17, 15) is 4.79 Å². The van der Waals surface area contributed by atoms with E-state index in [1.54, 1.807) is 54.6 Å². The molecular weight excluding hydrogens is 611 g/mol. The lowest BCUT2D eigenvalue weighted by atomic mass is 10.0. The molecule has 0 spiro atoms. The summed E-state index contributed by atoms with van der Waals surface area (Å²) in [6.07, 6.45) is 4.41. The van der Waals surface area contributed by atoms with Crippen LogP contribution in [-0.4, -0.2) is 24.8 Å². The number of carbonyl (C=O) groups excluding carboxylic acids is 1. The molecular formula is C33H27Cl3N2O5. The van der Waals surface area contributed by atoms with Crippen LogP contribution in [0.5, 0.6) is 5.75 Å². The summed E-state index contributed by atoms with van der Waals surface area (Å²) < 4.78 is 16.8. The van der Waals surface area contributed by atoms with E-state index in [1.165, 1.54) is 20.0 Å². The molecule has 3 aromatic carbocycles. The standard InChI is InChI=1S/C33H27Cl3N2O5/c1-40-33(39)23-13-20(14-24(15-23)37-42-17-19-5-6-19)7-8-21-11-12-25(16-29(21)36)41-18-26-31(38-43-32(26)22-9-10-22)30-27(34)3-2-4-28(30)35/h2-4,11-16,19,22,37H,5-6,9-10,17-18H2,1H3. The van der Waals surface area contributed by atoms with Crippen LogP contribution >= 0.6 is 34.8 Å². The van der Waals surface area contributed by atoms with E-state index in [1.807, 2.05) is 0 Å². The number of ether oxygens (including phenoxy) is 2. The minimum atomic E-state index is -0.467. The Labute approximate surface area is 264 Å². The highest BCUT2D eigenvalue weighted by atomic mass is 35.5. The molecule has 1 N–H and O–H groups in total. The number of hydrogen-bond acceptors (Lipinski definition) is 7. The molecule has 43 heavy (non-hydrogen) atoms. The molecule has 2 aliphatic carbocycles. The number of methoxy groups -OCH3 is 1. The average molecular weight is 638 g/mol. The van der Waals surface area contributed by atoms with Gasteiger partial charge < -0.3 is 14.0 Å². The Morgan fingerprint density at radius 2 is 1.79 bits per heavy atom. The van der Waals surface area contributed by atoms with Gasteiger partial charge in [0.05, 0.1) is 45.6 Å². The van der Waals surface area contributed by atoms with Crippen molar-refractivity contribution in [2.75, 3.05) is 19.2 Å². The summed E-state index contributed by atoms with van der Waals surface area (Å²) in [5.41, 5.74) is 7.09. The Bertz CT molecular complexity index is 1710. The molecule has 0 amide bonds. The van der Waals surface area contributed by atoms with Crippen LogP contribution in [0.2, 0.25) is 15.1 Å². The topological polar surface area (TPSA) is 82.8 Å². The fraction of sp³-hybridized carbons (Fsp3) is 0.273. The normalized spacial score (nSPS) is 14.1. The number of hydrogen-bond donors (Lipinski definition) is 1. The average Bonchev–Trinajstić information content (AvgIpc) is 3.94. The molecule has 10 heteroatoms. The van der Waals surface area contributed by atoms with Crippen LogP contribution in [0.3, 0.4) is 0 Å². The number of anilines is 1. The number of nitrogens with one attached hydrogen (secondary N) is 1. The van der Waals surface area contributed by atoms with Crippen molar-refractivity contribution in [3.8, 4) is 28.8 Å². The van der Waals surface area contributed by atoms with Gasteiger partial charge in [0.25, 0.3) is 0 Å². The highest BCUT2D eigenvalue weighted by Crippen LogP contribution is 2.46. The zero-order valence-electron chi connectivity index (χ0n) is 23.2. The second kappa shape index (κ2) is 12.9. The lowest BCUT2D eigenvalue weighted by molar-refractivity contribution is 0.0600. The van der Waals surface area contributed by atoms with Gasteiger partial charge in [-0.05, 0) is 74.1 Å². The molecule has 0 aliphatic heterocycles. The van der Waals surface area contributed by atoms with Gasteiger partial charge in [-0.3, -0.25) is 10.3 Å². The molecule has 4 aromatic rings. The van der Waals surface area contributed by atoms with E-state index in [-0.39, 0.29) is 6.61 Å². The van der Waals surface area contributed by atoms with Crippen LogP contribution in [-0.2, 0) is 16.2 Å². The van der Waals surface area contributed by atoms with E-state index >= 15 is 0 Å². The Balaban J connectivity index is 1.19. The monoisotopic (exact) mass is 636 g/mol. The predicted octanol–water partition coefficient (Wildman–Crippen LogP) is 8.70. The van der Waals surface area contributed by atoms with Crippen molar-refractivity contribution in [2.45, 2.75) is 38.2 Å². The predicted molar refractivity (Wildman–Crippen MR) is 166 cm³/mol. The second-order valence-electron chi connectivity index (χ2n) is 10.6. The van der Waals surface area contributed by atoms with Crippen molar-refractivity contribution >= 4 is 46.5 Å². The first-order valence-corrected chi connectivity index (χ1v) is 15.0. The smallest absolute Gasteiger partial charge is 0.337 e. The molecule has 2 saturated carbocycles. The second-order valence-corrected chi connectivity index (χ2v) is 11.8. The van der Waals surface area contributed by atoms with Gasteiger partial charge in [0.15, 0.2) is 0 Å². The first kappa shape index (κ1) is 29.4. The molecule has 0 radical (unpaired) electrons. The summed E-state index contributed by atoms with van der Waals surface area (Å²) in [7, 11) is 1.34. The van der Waals surface area contributed by atoms with Crippen molar-refractivity contribution in [3.05, 3.63) is 97.7 Å². The quantitative estimate of drug-likeness (QED) is 0.106. The number of nitrogens with zero attached hydrogens (tertiary/aromatic N) is 1. The Kier molecular flexibility index (Phi) is 8.83. The molecule has 0 unspecified atom stereocenters. The van der Waals surface area contributed by atoms with Crippen molar-refractivity contribution < 1.29 is 23.6 Å². The lowest BCUT2D eigenvalue weighted by Crippen LogP contribution is -2.07. The Hall–Kier alpha value is -3.67. The number of carbonyl (C=O) groups is 1. The van der Waals surface area contributed by atoms with Crippen LogP contribution in [0.25, 0.3) is 11.3 Å². The van der Waals surface area contributed by atoms with E-state index in [2.05, 4.69) is 22.5 Å². The van der Waals surface area contributed by atoms with E-state index in [0.29, 0.717) is 72.9 Å². The lowest BCUT2D eigenvalue weighted by Gasteiger charge is -2.10. The van der Waals surface area contributed by atoms with Crippen LogP contribution in [0, 0.1) is 17.8 Å². The fourth-order valence-electron chi connectivity index (χ4n) is 4.55. The minimum Gasteiger partial charge on any atom is -0.489 e. The van der Waals surface area contributed by atoms with Gasteiger partial charge in [0.2, 0.25) is 0 Å². The van der Waals surface area contributed by atoms with Crippen LogP contribution < -0.4 is 10.2 Å². The summed E-state index contributed by atoms with van der Waals surface area (Å²) >= 11 is 19.6. The molecule has 2 aliphatic rings. The Morgan fingerprint density at radius 1 is 1.00 bits per heavy atom. The fourth-order valence-corrected chi connectivity index (χ4v) is 5.35. The van der Waals surface area contributed by atoms with Gasteiger partial charge in [-0.2, -0.15) is 0 Å². The third kappa shape index (κ3) is 7.11. The summed E-state index contributed by atoms with van der Waals surface area (Å²) in [6, 6.07) is 15.7. The summed E-state index contributed by atoms with van der Waals surface area (Å²) in [5.74, 6) is 7.95. The van der Waals surface area contributed by atoms with Gasteiger partial charge in [-0.1, -0.05) is 57.9 Å². The highest BCUT2D eigenvalue weighted by Gasteiger charge is 2.33. The molecule has 0 bridgehead atoms. The Morgan fingerprint density at radius 3 is 2.49 bits per heavy atom. The first-order chi connectivity index (χ1) is 20.9. The third-order valence-electron chi connectivity index (χ3n) is 7.19. The van der Waals surface area contributed by atoms with Crippen LogP contribution in [0.15, 0.2) is 59.1 Å².